The lowest BCUT2D eigenvalue weighted by molar-refractivity contribution is 1.33. The molecule has 2 aromatic carbocycles. The molecule has 0 atom stereocenters. The van der Waals surface area contributed by atoms with E-state index in [0.717, 1.165) is 22.4 Å². The van der Waals surface area contributed by atoms with Crippen LogP contribution in [0.15, 0.2) is 42.5 Å². The third-order valence-electron chi connectivity index (χ3n) is 2.97. The Labute approximate surface area is 100 Å². The van der Waals surface area contributed by atoms with Crippen molar-refractivity contribution in [1.29, 1.82) is 0 Å². The minimum Gasteiger partial charge on any atom is -0.338 e. The van der Waals surface area contributed by atoms with Crippen LogP contribution in [0.4, 0.5) is 0 Å². The summed E-state index contributed by atoms with van der Waals surface area (Å²) in [5.41, 5.74) is 5.79. The van der Waals surface area contributed by atoms with E-state index in [1.54, 1.807) is 0 Å². The second kappa shape index (κ2) is 3.74. The minimum atomic E-state index is 0.939. The number of nitrogens with one attached hydrogen (secondary N) is 1. The number of nitrogens with zero attached hydrogens (tertiary/aromatic N) is 1. The van der Waals surface area contributed by atoms with Crippen molar-refractivity contribution in [2.24, 2.45) is 0 Å². The summed E-state index contributed by atoms with van der Waals surface area (Å²) in [5, 5.41) is 0. The van der Waals surface area contributed by atoms with Gasteiger partial charge in [-0.25, -0.2) is 4.98 Å². The molecule has 17 heavy (non-hydrogen) atoms. The summed E-state index contributed by atoms with van der Waals surface area (Å²) in [6.07, 6.45) is 0. The summed E-state index contributed by atoms with van der Waals surface area (Å²) in [6, 6.07) is 14.5. The van der Waals surface area contributed by atoms with Gasteiger partial charge in [0.25, 0.3) is 0 Å². The Kier molecular flexibility index (Phi) is 2.22. The van der Waals surface area contributed by atoms with Crippen molar-refractivity contribution in [2.45, 2.75) is 13.8 Å². The molecule has 3 aromatic rings. The molecule has 0 aliphatic carbocycles. The largest absolute Gasteiger partial charge is 0.338 e. The molecule has 1 heterocycles. The van der Waals surface area contributed by atoms with Crippen LogP contribution in [0.25, 0.3) is 22.4 Å². The van der Waals surface area contributed by atoms with Crippen LogP contribution >= 0.6 is 0 Å². The first kappa shape index (κ1) is 10.1. The first-order valence-electron chi connectivity index (χ1n) is 5.76. The van der Waals surface area contributed by atoms with Gasteiger partial charge in [-0.2, -0.15) is 0 Å². The number of hydrogen-bond acceptors (Lipinski definition) is 1. The van der Waals surface area contributed by atoms with E-state index in [1.807, 2.05) is 18.2 Å². The van der Waals surface area contributed by atoms with E-state index in [-0.39, 0.29) is 0 Å². The highest BCUT2D eigenvalue weighted by molar-refractivity contribution is 5.82. The Morgan fingerprint density at radius 3 is 2.53 bits per heavy atom. The summed E-state index contributed by atoms with van der Waals surface area (Å²) >= 11 is 0. The van der Waals surface area contributed by atoms with Crippen LogP contribution in [0.3, 0.4) is 0 Å². The zero-order chi connectivity index (χ0) is 11.8. The van der Waals surface area contributed by atoms with Gasteiger partial charge in [0.05, 0.1) is 11.0 Å². The average molecular weight is 222 g/mol. The number of H-pyrrole nitrogens is 1. The van der Waals surface area contributed by atoms with Gasteiger partial charge in [0.1, 0.15) is 5.82 Å². The Morgan fingerprint density at radius 2 is 1.76 bits per heavy atom. The number of aromatic nitrogens is 2. The summed E-state index contributed by atoms with van der Waals surface area (Å²) in [6.45, 7) is 4.21. The van der Waals surface area contributed by atoms with E-state index < -0.39 is 0 Å². The third kappa shape index (κ3) is 1.72. The number of aryl methyl sites for hydroxylation is 2. The van der Waals surface area contributed by atoms with Crippen molar-refractivity contribution in [3.05, 3.63) is 53.6 Å². The molecule has 0 aliphatic rings. The standard InChI is InChI=1S/C15H14N2/c1-10-8-11(2)14-13(9-10)16-15(17-14)12-6-4-3-5-7-12/h3-9H,1-2H3,(H,16,17). The number of imidazole rings is 1. The van der Waals surface area contributed by atoms with Crippen molar-refractivity contribution in [3.63, 3.8) is 0 Å². The first-order valence-corrected chi connectivity index (χ1v) is 5.76. The summed E-state index contributed by atoms with van der Waals surface area (Å²) in [4.78, 5) is 8.05. The fourth-order valence-electron chi connectivity index (χ4n) is 2.20. The Morgan fingerprint density at radius 1 is 1.00 bits per heavy atom. The molecule has 0 saturated carbocycles. The molecule has 2 heteroatoms. The van der Waals surface area contributed by atoms with Crippen molar-refractivity contribution in [1.82, 2.24) is 9.97 Å². The lowest BCUT2D eigenvalue weighted by Gasteiger charge is -1.96. The normalized spacial score (nSPS) is 10.9. The molecule has 0 unspecified atom stereocenters. The Hall–Kier alpha value is -2.09. The van der Waals surface area contributed by atoms with Gasteiger partial charge in [-0.15, -0.1) is 0 Å². The Balaban J connectivity index is 2.24. The van der Waals surface area contributed by atoms with Gasteiger partial charge in [0.2, 0.25) is 0 Å². The number of fused-ring (bicyclic) bond motifs is 1. The fraction of sp³-hybridized carbons (Fsp3) is 0.133. The van der Waals surface area contributed by atoms with E-state index in [1.165, 1.54) is 11.1 Å². The predicted molar refractivity (Wildman–Crippen MR) is 71.0 cm³/mol. The zero-order valence-corrected chi connectivity index (χ0v) is 9.99. The molecular weight excluding hydrogens is 208 g/mol. The molecule has 3 rings (SSSR count). The summed E-state index contributed by atoms with van der Waals surface area (Å²) < 4.78 is 0. The van der Waals surface area contributed by atoms with Gasteiger partial charge in [0, 0.05) is 5.56 Å². The van der Waals surface area contributed by atoms with Crippen LogP contribution in [0.1, 0.15) is 11.1 Å². The highest BCUT2D eigenvalue weighted by Gasteiger charge is 2.07. The van der Waals surface area contributed by atoms with Gasteiger partial charge in [-0.3, -0.25) is 0 Å². The summed E-state index contributed by atoms with van der Waals surface area (Å²) in [5.74, 6) is 0.939. The molecule has 0 spiro atoms. The van der Waals surface area contributed by atoms with Crippen LogP contribution in [0.5, 0.6) is 0 Å². The molecule has 2 nitrogen and oxygen atoms in total. The van der Waals surface area contributed by atoms with Crippen LogP contribution in [-0.2, 0) is 0 Å². The van der Waals surface area contributed by atoms with Crippen molar-refractivity contribution < 1.29 is 0 Å². The molecule has 1 aromatic heterocycles. The highest BCUT2D eigenvalue weighted by atomic mass is 14.9. The second-order valence-electron chi connectivity index (χ2n) is 4.43. The Bertz CT molecular complexity index is 666. The second-order valence-corrected chi connectivity index (χ2v) is 4.43. The van der Waals surface area contributed by atoms with E-state index >= 15 is 0 Å². The maximum atomic E-state index is 4.67. The van der Waals surface area contributed by atoms with Crippen molar-refractivity contribution in [3.8, 4) is 11.4 Å². The topological polar surface area (TPSA) is 28.7 Å². The number of aromatic amines is 1. The number of rotatable bonds is 1. The maximum Gasteiger partial charge on any atom is 0.138 e. The van der Waals surface area contributed by atoms with Gasteiger partial charge in [0.15, 0.2) is 0 Å². The van der Waals surface area contributed by atoms with Crippen molar-refractivity contribution in [2.75, 3.05) is 0 Å². The lowest BCUT2D eigenvalue weighted by Crippen LogP contribution is -1.79. The van der Waals surface area contributed by atoms with Gasteiger partial charge >= 0.3 is 0 Å². The quantitative estimate of drug-likeness (QED) is 0.665. The number of benzene rings is 2. The summed E-state index contributed by atoms with van der Waals surface area (Å²) in [7, 11) is 0. The molecule has 0 amide bonds. The van der Waals surface area contributed by atoms with Crippen LogP contribution in [-0.4, -0.2) is 9.97 Å². The van der Waals surface area contributed by atoms with E-state index in [4.69, 9.17) is 0 Å². The van der Waals surface area contributed by atoms with Crippen LogP contribution in [0.2, 0.25) is 0 Å². The zero-order valence-electron chi connectivity index (χ0n) is 9.99. The molecule has 0 radical (unpaired) electrons. The van der Waals surface area contributed by atoms with Gasteiger partial charge in [-0.1, -0.05) is 36.4 Å². The monoisotopic (exact) mass is 222 g/mol. The average Bonchev–Trinajstić information content (AvgIpc) is 2.74. The van der Waals surface area contributed by atoms with Gasteiger partial charge < -0.3 is 4.98 Å². The third-order valence-corrected chi connectivity index (χ3v) is 2.97. The van der Waals surface area contributed by atoms with Crippen LogP contribution < -0.4 is 0 Å². The van der Waals surface area contributed by atoms with E-state index in [0.29, 0.717) is 0 Å². The maximum absolute atomic E-state index is 4.67. The number of hydrogen-bond donors (Lipinski definition) is 1. The molecule has 0 saturated heterocycles. The first-order chi connectivity index (χ1) is 8.24. The lowest BCUT2D eigenvalue weighted by atomic mass is 10.1. The SMILES string of the molecule is Cc1cc(C)c2nc(-c3ccccc3)[nH]c2c1. The van der Waals surface area contributed by atoms with Crippen molar-refractivity contribution >= 4 is 11.0 Å². The molecule has 0 aliphatic heterocycles. The fourth-order valence-corrected chi connectivity index (χ4v) is 2.20. The molecule has 0 fully saturated rings. The minimum absolute atomic E-state index is 0.939. The molecule has 84 valence electrons. The van der Waals surface area contributed by atoms with E-state index in [9.17, 15) is 0 Å². The molecule has 0 bridgehead atoms. The molecular formula is C15H14N2. The van der Waals surface area contributed by atoms with E-state index in [2.05, 4.69) is 48.1 Å². The molecule has 1 N–H and O–H groups in total. The smallest absolute Gasteiger partial charge is 0.138 e. The van der Waals surface area contributed by atoms with Crippen LogP contribution in [0, 0.1) is 13.8 Å². The van der Waals surface area contributed by atoms with Gasteiger partial charge in [-0.05, 0) is 31.0 Å². The highest BCUT2D eigenvalue weighted by Crippen LogP contribution is 2.23. The predicted octanol–water partition coefficient (Wildman–Crippen LogP) is 3.85.